The Morgan fingerprint density at radius 1 is 1.15 bits per heavy atom. The molecule has 178 valence electrons. The molecule has 2 aliphatic rings. The summed E-state index contributed by atoms with van der Waals surface area (Å²) in [7, 11) is 0. The van der Waals surface area contributed by atoms with Gasteiger partial charge in [0.05, 0.1) is 29.6 Å². The standard InChI is InChI=1S/C27H30FN3O3/c1-2-24-22(18-30(26(32)19-14-15-19)17-21-11-8-16-33-21)27(34-25-13-7-6-12-23(25)28)31(29-24)20-9-4-3-5-10-20/h3-7,9-10,12-13,19,21H,2,8,11,14-18H2,1H3/t21-/m1/s1. The van der Waals surface area contributed by atoms with E-state index < -0.39 is 5.82 Å². The highest BCUT2D eigenvalue weighted by Crippen LogP contribution is 2.36. The Morgan fingerprint density at radius 2 is 1.91 bits per heavy atom. The molecule has 0 spiro atoms. The fraction of sp³-hybridized carbons (Fsp3) is 0.407. The largest absolute Gasteiger partial charge is 0.435 e. The van der Waals surface area contributed by atoms with E-state index in [1.807, 2.05) is 42.2 Å². The molecular formula is C27H30FN3O3. The van der Waals surface area contributed by atoms with Crippen LogP contribution in [0.5, 0.6) is 11.6 Å². The summed E-state index contributed by atoms with van der Waals surface area (Å²) in [4.78, 5) is 15.1. The number of benzene rings is 2. The first kappa shape index (κ1) is 22.6. The van der Waals surface area contributed by atoms with E-state index in [1.54, 1.807) is 22.9 Å². The van der Waals surface area contributed by atoms with E-state index >= 15 is 0 Å². The maximum atomic E-state index is 14.6. The molecule has 2 fully saturated rings. The summed E-state index contributed by atoms with van der Waals surface area (Å²) in [6.45, 7) is 3.67. The number of aromatic nitrogens is 2. The number of hydrogen-bond donors (Lipinski definition) is 0. The second kappa shape index (κ2) is 9.97. The van der Waals surface area contributed by atoms with E-state index in [1.165, 1.54) is 6.07 Å². The monoisotopic (exact) mass is 463 g/mol. The number of ether oxygens (including phenoxy) is 2. The van der Waals surface area contributed by atoms with Crippen LogP contribution in [0.1, 0.15) is 43.9 Å². The average molecular weight is 464 g/mol. The van der Waals surface area contributed by atoms with E-state index in [2.05, 4.69) is 0 Å². The van der Waals surface area contributed by atoms with Crippen molar-refractivity contribution in [2.24, 2.45) is 5.92 Å². The van der Waals surface area contributed by atoms with Gasteiger partial charge in [-0.1, -0.05) is 37.3 Å². The number of hydrogen-bond acceptors (Lipinski definition) is 4. The average Bonchev–Trinajstić information content (AvgIpc) is 3.48. The van der Waals surface area contributed by atoms with Crippen molar-refractivity contribution in [3.63, 3.8) is 0 Å². The van der Waals surface area contributed by atoms with Crippen LogP contribution in [0.15, 0.2) is 54.6 Å². The third kappa shape index (κ3) is 4.85. The molecule has 34 heavy (non-hydrogen) atoms. The summed E-state index contributed by atoms with van der Waals surface area (Å²) < 4.78 is 28.3. The van der Waals surface area contributed by atoms with Crippen LogP contribution in [0.3, 0.4) is 0 Å². The van der Waals surface area contributed by atoms with Crippen molar-refractivity contribution in [2.75, 3.05) is 13.2 Å². The second-order valence-electron chi connectivity index (χ2n) is 8.99. The molecule has 1 aliphatic heterocycles. The smallest absolute Gasteiger partial charge is 0.228 e. The lowest BCUT2D eigenvalue weighted by Gasteiger charge is -2.26. The molecule has 1 saturated heterocycles. The molecule has 7 heteroatoms. The van der Waals surface area contributed by atoms with Gasteiger partial charge in [0, 0.05) is 19.1 Å². The quantitative estimate of drug-likeness (QED) is 0.433. The molecule has 2 aromatic carbocycles. The highest BCUT2D eigenvalue weighted by molar-refractivity contribution is 5.81. The van der Waals surface area contributed by atoms with Crippen LogP contribution in [-0.4, -0.2) is 39.8 Å². The van der Waals surface area contributed by atoms with E-state index in [0.29, 0.717) is 25.4 Å². The Hall–Kier alpha value is -3.19. The van der Waals surface area contributed by atoms with Gasteiger partial charge in [-0.05, 0) is 56.4 Å². The van der Waals surface area contributed by atoms with Gasteiger partial charge >= 0.3 is 0 Å². The van der Waals surface area contributed by atoms with Crippen LogP contribution < -0.4 is 4.74 Å². The van der Waals surface area contributed by atoms with Crippen molar-refractivity contribution >= 4 is 5.91 Å². The van der Waals surface area contributed by atoms with Gasteiger partial charge in [-0.3, -0.25) is 4.79 Å². The Labute approximate surface area is 199 Å². The second-order valence-corrected chi connectivity index (χ2v) is 8.99. The SMILES string of the molecule is CCc1nn(-c2ccccc2)c(Oc2ccccc2F)c1CN(C[C@H]1CCCO1)C(=O)C1CC1. The summed E-state index contributed by atoms with van der Waals surface area (Å²) in [5.74, 6) is 0.364. The molecule has 5 rings (SSSR count). The topological polar surface area (TPSA) is 56.6 Å². The zero-order chi connectivity index (χ0) is 23.5. The molecule has 0 unspecified atom stereocenters. The number of para-hydroxylation sites is 2. The first-order chi connectivity index (χ1) is 16.6. The van der Waals surface area contributed by atoms with Gasteiger partial charge in [0.1, 0.15) is 0 Å². The highest BCUT2D eigenvalue weighted by atomic mass is 19.1. The minimum atomic E-state index is -0.447. The normalized spacial score (nSPS) is 17.6. The van der Waals surface area contributed by atoms with Gasteiger partial charge in [-0.2, -0.15) is 5.10 Å². The van der Waals surface area contributed by atoms with Gasteiger partial charge in [-0.15, -0.1) is 0 Å². The Morgan fingerprint density at radius 3 is 2.59 bits per heavy atom. The summed E-state index contributed by atoms with van der Waals surface area (Å²) in [6, 6.07) is 16.0. The zero-order valence-corrected chi connectivity index (χ0v) is 19.5. The first-order valence-electron chi connectivity index (χ1n) is 12.1. The first-order valence-corrected chi connectivity index (χ1v) is 12.1. The van der Waals surface area contributed by atoms with Gasteiger partial charge < -0.3 is 14.4 Å². The fourth-order valence-electron chi connectivity index (χ4n) is 4.45. The van der Waals surface area contributed by atoms with Crippen molar-refractivity contribution in [2.45, 2.75) is 51.7 Å². The molecule has 2 heterocycles. The summed E-state index contributed by atoms with van der Waals surface area (Å²) in [6.07, 6.45) is 4.55. The number of nitrogens with zero attached hydrogens (tertiary/aromatic N) is 3. The Bertz CT molecular complexity index is 1140. The molecule has 0 N–H and O–H groups in total. The lowest BCUT2D eigenvalue weighted by molar-refractivity contribution is -0.134. The summed E-state index contributed by atoms with van der Waals surface area (Å²) >= 11 is 0. The molecule has 6 nitrogen and oxygen atoms in total. The van der Waals surface area contributed by atoms with E-state index in [9.17, 15) is 9.18 Å². The van der Waals surface area contributed by atoms with Crippen LogP contribution in [-0.2, 0) is 22.5 Å². The van der Waals surface area contributed by atoms with Crippen molar-refractivity contribution in [1.29, 1.82) is 0 Å². The third-order valence-corrected chi connectivity index (χ3v) is 6.43. The maximum Gasteiger partial charge on any atom is 0.228 e. The lowest BCUT2D eigenvalue weighted by atomic mass is 10.1. The predicted molar refractivity (Wildman–Crippen MR) is 127 cm³/mol. The number of amides is 1. The van der Waals surface area contributed by atoms with E-state index in [-0.39, 0.29) is 23.7 Å². The number of rotatable bonds is 9. The van der Waals surface area contributed by atoms with Crippen LogP contribution >= 0.6 is 0 Å². The van der Waals surface area contributed by atoms with Crippen molar-refractivity contribution in [3.05, 3.63) is 71.7 Å². The molecule has 0 bridgehead atoms. The molecule has 1 aromatic heterocycles. The van der Waals surface area contributed by atoms with Gasteiger partial charge in [0.15, 0.2) is 11.6 Å². The number of halogens is 1. The Balaban J connectivity index is 1.55. The zero-order valence-electron chi connectivity index (χ0n) is 19.5. The van der Waals surface area contributed by atoms with Crippen molar-refractivity contribution in [1.82, 2.24) is 14.7 Å². The lowest BCUT2D eigenvalue weighted by Crippen LogP contribution is -2.38. The van der Waals surface area contributed by atoms with Crippen LogP contribution in [0.25, 0.3) is 5.69 Å². The number of carbonyl (C=O) groups excluding carboxylic acids is 1. The molecule has 1 atom stereocenters. The number of aryl methyl sites for hydroxylation is 1. The Kier molecular flexibility index (Phi) is 6.63. The highest BCUT2D eigenvalue weighted by Gasteiger charge is 2.36. The molecule has 1 amide bonds. The van der Waals surface area contributed by atoms with Crippen LogP contribution in [0.4, 0.5) is 4.39 Å². The van der Waals surface area contributed by atoms with Gasteiger partial charge in [0.2, 0.25) is 11.8 Å². The molecule has 1 aliphatic carbocycles. The molecule has 1 saturated carbocycles. The fourth-order valence-corrected chi connectivity index (χ4v) is 4.45. The van der Waals surface area contributed by atoms with Gasteiger partial charge in [-0.25, -0.2) is 9.07 Å². The third-order valence-electron chi connectivity index (χ3n) is 6.43. The minimum absolute atomic E-state index is 0.0490. The van der Waals surface area contributed by atoms with Crippen molar-refractivity contribution < 1.29 is 18.7 Å². The molecular weight excluding hydrogens is 433 g/mol. The van der Waals surface area contributed by atoms with Crippen molar-refractivity contribution in [3.8, 4) is 17.3 Å². The van der Waals surface area contributed by atoms with Gasteiger partial charge in [0.25, 0.3) is 0 Å². The summed E-state index contributed by atoms with van der Waals surface area (Å²) in [5, 5.41) is 4.83. The summed E-state index contributed by atoms with van der Waals surface area (Å²) in [5.41, 5.74) is 2.45. The maximum absolute atomic E-state index is 14.6. The molecule has 3 aromatic rings. The van der Waals surface area contributed by atoms with E-state index in [0.717, 1.165) is 49.2 Å². The van der Waals surface area contributed by atoms with E-state index in [4.69, 9.17) is 14.6 Å². The van der Waals surface area contributed by atoms with Crippen LogP contribution in [0, 0.1) is 11.7 Å². The van der Waals surface area contributed by atoms with Crippen LogP contribution in [0.2, 0.25) is 0 Å². The predicted octanol–water partition coefficient (Wildman–Crippen LogP) is 5.28. The molecule has 0 radical (unpaired) electrons. The number of carbonyl (C=O) groups is 1. The minimum Gasteiger partial charge on any atom is -0.435 e.